The van der Waals surface area contributed by atoms with Crippen LogP contribution in [0, 0.1) is 0 Å². The number of carbonyl (C=O) groups excluding carboxylic acids is 1. The van der Waals surface area contributed by atoms with Crippen LogP contribution in [0.1, 0.15) is 17.3 Å². The van der Waals surface area contributed by atoms with E-state index in [9.17, 15) is 9.59 Å². The Kier molecular flexibility index (Phi) is 5.57. The van der Waals surface area contributed by atoms with E-state index in [0.29, 0.717) is 18.0 Å². The molecule has 0 unspecified atom stereocenters. The van der Waals surface area contributed by atoms with Gasteiger partial charge in [-0.3, -0.25) is 4.79 Å². The number of amides is 1. The molecular formula is C17H17NO5. The number of nitrogens with one attached hydrogen (secondary N) is 1. The number of benzene rings is 2. The zero-order valence-electron chi connectivity index (χ0n) is 12.6. The molecule has 23 heavy (non-hydrogen) atoms. The normalized spacial score (nSPS) is 9.96. The van der Waals surface area contributed by atoms with Crippen molar-refractivity contribution in [3.05, 3.63) is 54.1 Å². The lowest BCUT2D eigenvalue weighted by molar-refractivity contribution is -0.118. The fourth-order valence-electron chi connectivity index (χ4n) is 1.95. The number of carboxylic acids is 1. The Morgan fingerprint density at radius 3 is 2.35 bits per heavy atom. The molecule has 0 fully saturated rings. The SMILES string of the molecule is CCOc1ccccc1NC(=O)COc1ccccc1C(=O)O. The minimum absolute atomic E-state index is 0.00927. The molecular weight excluding hydrogens is 298 g/mol. The van der Waals surface area contributed by atoms with Crippen molar-refractivity contribution < 1.29 is 24.2 Å². The number of rotatable bonds is 7. The first-order valence-corrected chi connectivity index (χ1v) is 7.08. The molecule has 0 saturated carbocycles. The summed E-state index contributed by atoms with van der Waals surface area (Å²) in [4.78, 5) is 23.1. The summed E-state index contributed by atoms with van der Waals surface area (Å²) in [5.41, 5.74) is 0.546. The van der Waals surface area contributed by atoms with Crippen LogP contribution in [0.25, 0.3) is 0 Å². The summed E-state index contributed by atoms with van der Waals surface area (Å²) in [6.45, 7) is 2.03. The summed E-state index contributed by atoms with van der Waals surface area (Å²) in [6, 6.07) is 13.2. The van der Waals surface area contributed by atoms with E-state index in [1.54, 1.807) is 36.4 Å². The predicted octanol–water partition coefficient (Wildman–Crippen LogP) is 2.80. The van der Waals surface area contributed by atoms with Gasteiger partial charge in [0.2, 0.25) is 0 Å². The minimum atomic E-state index is -1.11. The van der Waals surface area contributed by atoms with Gasteiger partial charge in [0.25, 0.3) is 5.91 Å². The highest BCUT2D eigenvalue weighted by atomic mass is 16.5. The van der Waals surface area contributed by atoms with Gasteiger partial charge in [0, 0.05) is 0 Å². The summed E-state index contributed by atoms with van der Waals surface area (Å²) in [5.74, 6) is -0.803. The van der Waals surface area contributed by atoms with Gasteiger partial charge in [0.15, 0.2) is 6.61 Å². The lowest BCUT2D eigenvalue weighted by atomic mass is 10.2. The van der Waals surface area contributed by atoms with Crippen LogP contribution in [-0.2, 0) is 4.79 Å². The smallest absolute Gasteiger partial charge is 0.339 e. The summed E-state index contributed by atoms with van der Waals surface area (Å²) in [5, 5.41) is 11.7. The van der Waals surface area contributed by atoms with Gasteiger partial charge in [0.1, 0.15) is 17.1 Å². The van der Waals surface area contributed by atoms with E-state index in [2.05, 4.69) is 5.32 Å². The van der Waals surface area contributed by atoms with E-state index < -0.39 is 11.9 Å². The molecule has 0 heterocycles. The van der Waals surface area contributed by atoms with Crippen LogP contribution in [0.5, 0.6) is 11.5 Å². The van der Waals surface area contributed by atoms with Crippen molar-refractivity contribution in [3.8, 4) is 11.5 Å². The van der Waals surface area contributed by atoms with E-state index in [-0.39, 0.29) is 17.9 Å². The molecule has 0 radical (unpaired) electrons. The second-order valence-electron chi connectivity index (χ2n) is 4.57. The fourth-order valence-corrected chi connectivity index (χ4v) is 1.95. The van der Waals surface area contributed by atoms with Crippen molar-refractivity contribution in [3.63, 3.8) is 0 Å². The zero-order valence-corrected chi connectivity index (χ0v) is 12.6. The van der Waals surface area contributed by atoms with E-state index in [4.69, 9.17) is 14.6 Å². The maximum Gasteiger partial charge on any atom is 0.339 e. The van der Waals surface area contributed by atoms with Gasteiger partial charge in [-0.1, -0.05) is 24.3 Å². The van der Waals surface area contributed by atoms with Crippen molar-refractivity contribution in [1.29, 1.82) is 0 Å². The van der Waals surface area contributed by atoms with Crippen LogP contribution >= 0.6 is 0 Å². The maximum atomic E-state index is 12.0. The van der Waals surface area contributed by atoms with Gasteiger partial charge >= 0.3 is 5.97 Å². The fraction of sp³-hybridized carbons (Fsp3) is 0.176. The predicted molar refractivity (Wildman–Crippen MR) is 85.1 cm³/mol. The number of hydrogen-bond acceptors (Lipinski definition) is 4. The third-order valence-electron chi connectivity index (χ3n) is 2.94. The third-order valence-corrected chi connectivity index (χ3v) is 2.94. The van der Waals surface area contributed by atoms with Crippen molar-refractivity contribution >= 4 is 17.6 Å². The number of carbonyl (C=O) groups is 2. The van der Waals surface area contributed by atoms with E-state index in [1.165, 1.54) is 12.1 Å². The molecule has 1 amide bonds. The Morgan fingerprint density at radius 2 is 1.65 bits per heavy atom. The number of hydrogen-bond donors (Lipinski definition) is 2. The van der Waals surface area contributed by atoms with Crippen LogP contribution in [-0.4, -0.2) is 30.2 Å². The second-order valence-corrected chi connectivity index (χ2v) is 4.57. The maximum absolute atomic E-state index is 12.0. The molecule has 0 aliphatic rings. The highest BCUT2D eigenvalue weighted by Crippen LogP contribution is 2.23. The summed E-state index contributed by atoms with van der Waals surface area (Å²) in [6.07, 6.45) is 0. The topological polar surface area (TPSA) is 84.9 Å². The lowest BCUT2D eigenvalue weighted by Gasteiger charge is -2.12. The Bertz CT molecular complexity index is 699. The van der Waals surface area contributed by atoms with Gasteiger partial charge < -0.3 is 19.9 Å². The molecule has 6 nitrogen and oxygen atoms in total. The Balaban J connectivity index is 2.00. The number of ether oxygens (including phenoxy) is 2. The van der Waals surface area contributed by atoms with Crippen LogP contribution in [0.15, 0.2) is 48.5 Å². The Hall–Kier alpha value is -3.02. The minimum Gasteiger partial charge on any atom is -0.492 e. The molecule has 0 saturated heterocycles. The van der Waals surface area contributed by atoms with Crippen LogP contribution < -0.4 is 14.8 Å². The first-order chi connectivity index (χ1) is 11.1. The largest absolute Gasteiger partial charge is 0.492 e. The summed E-state index contributed by atoms with van der Waals surface area (Å²) >= 11 is 0. The number of carboxylic acid groups (broad SMARTS) is 1. The van der Waals surface area contributed by atoms with E-state index in [1.807, 2.05) is 6.92 Å². The summed E-state index contributed by atoms with van der Waals surface area (Å²) in [7, 11) is 0. The second kappa shape index (κ2) is 7.84. The lowest BCUT2D eigenvalue weighted by Crippen LogP contribution is -2.21. The first kappa shape index (κ1) is 16.4. The van der Waals surface area contributed by atoms with E-state index in [0.717, 1.165) is 0 Å². The average molecular weight is 315 g/mol. The molecule has 6 heteroatoms. The molecule has 120 valence electrons. The Labute approximate surface area is 133 Å². The van der Waals surface area contributed by atoms with Crippen molar-refractivity contribution in [2.24, 2.45) is 0 Å². The highest BCUT2D eigenvalue weighted by molar-refractivity contribution is 5.94. The molecule has 0 aliphatic heterocycles. The van der Waals surface area contributed by atoms with Crippen molar-refractivity contribution in [2.45, 2.75) is 6.92 Å². The van der Waals surface area contributed by atoms with Gasteiger partial charge in [0.05, 0.1) is 12.3 Å². The van der Waals surface area contributed by atoms with Crippen molar-refractivity contribution in [1.82, 2.24) is 0 Å². The monoisotopic (exact) mass is 315 g/mol. The molecule has 2 aromatic carbocycles. The van der Waals surface area contributed by atoms with Crippen LogP contribution in [0.2, 0.25) is 0 Å². The van der Waals surface area contributed by atoms with Crippen molar-refractivity contribution in [2.75, 3.05) is 18.5 Å². The zero-order chi connectivity index (χ0) is 16.7. The Morgan fingerprint density at radius 1 is 1.00 bits per heavy atom. The molecule has 0 atom stereocenters. The van der Waals surface area contributed by atoms with Crippen LogP contribution in [0.4, 0.5) is 5.69 Å². The molecule has 2 rings (SSSR count). The standard InChI is InChI=1S/C17H17NO5/c1-2-22-15-10-6-4-8-13(15)18-16(19)11-23-14-9-5-3-7-12(14)17(20)21/h3-10H,2,11H2,1H3,(H,18,19)(H,20,21). The van der Waals surface area contributed by atoms with Gasteiger partial charge in [-0.15, -0.1) is 0 Å². The van der Waals surface area contributed by atoms with Gasteiger partial charge in [-0.2, -0.15) is 0 Å². The molecule has 0 bridgehead atoms. The first-order valence-electron chi connectivity index (χ1n) is 7.08. The average Bonchev–Trinajstić information content (AvgIpc) is 2.55. The van der Waals surface area contributed by atoms with Crippen LogP contribution in [0.3, 0.4) is 0 Å². The molecule has 2 aromatic rings. The molecule has 2 N–H and O–H groups in total. The molecule has 0 aromatic heterocycles. The van der Waals surface area contributed by atoms with Gasteiger partial charge in [-0.05, 0) is 31.2 Å². The molecule has 0 spiro atoms. The highest BCUT2D eigenvalue weighted by Gasteiger charge is 2.12. The molecule has 0 aliphatic carbocycles. The number of aromatic carboxylic acids is 1. The third kappa shape index (κ3) is 4.47. The van der Waals surface area contributed by atoms with Gasteiger partial charge in [-0.25, -0.2) is 4.79 Å². The number of para-hydroxylation sites is 3. The van der Waals surface area contributed by atoms with E-state index >= 15 is 0 Å². The number of anilines is 1. The quantitative estimate of drug-likeness (QED) is 0.820. The summed E-state index contributed by atoms with van der Waals surface area (Å²) < 4.78 is 10.7.